The minimum Gasteiger partial charge on any atom is -0.279 e. The second kappa shape index (κ2) is 6.38. The van der Waals surface area contributed by atoms with Crippen LogP contribution in [-0.4, -0.2) is 8.42 Å². The summed E-state index contributed by atoms with van der Waals surface area (Å²) in [5.41, 5.74) is 2.07. The van der Waals surface area contributed by atoms with E-state index in [2.05, 4.69) is 11.3 Å². The van der Waals surface area contributed by atoms with Gasteiger partial charge in [-0.05, 0) is 38.0 Å². The smallest absolute Gasteiger partial charge is 0.262 e. The third-order valence-corrected chi connectivity index (χ3v) is 4.26. The fourth-order valence-corrected chi connectivity index (χ4v) is 3.19. The Balaban J connectivity index is 3.37. The van der Waals surface area contributed by atoms with Gasteiger partial charge in [0.15, 0.2) is 0 Å². The van der Waals surface area contributed by atoms with E-state index in [1.807, 2.05) is 32.1 Å². The maximum absolute atomic E-state index is 12.2. The summed E-state index contributed by atoms with van der Waals surface area (Å²) >= 11 is 0. The van der Waals surface area contributed by atoms with Crippen molar-refractivity contribution >= 4 is 10.0 Å². The maximum Gasteiger partial charge on any atom is 0.262 e. The van der Waals surface area contributed by atoms with E-state index >= 15 is 0 Å². The van der Waals surface area contributed by atoms with Gasteiger partial charge in [0.1, 0.15) is 0 Å². The molecule has 0 fully saturated rings. The third-order valence-electron chi connectivity index (χ3n) is 2.73. The van der Waals surface area contributed by atoms with Gasteiger partial charge in [-0.15, -0.1) is 0 Å². The monoisotopic (exact) mass is 277 g/mol. The van der Waals surface area contributed by atoms with E-state index < -0.39 is 10.0 Å². The molecule has 0 spiro atoms. The Morgan fingerprint density at radius 3 is 2.42 bits per heavy atom. The Labute approximate surface area is 115 Å². The Hall–Kier alpha value is -1.81. The van der Waals surface area contributed by atoms with Crippen LogP contribution in [0.4, 0.5) is 0 Å². The standard InChI is InChI=1S/C15H19NO2S/c1-5-9-10-12(6-2)14-11-13(7-3)15(8-4)19(17,18)16-14/h5-11,16H,1H2,2-4H3/b10-9-,12-6+,13-7-,15-8+. The minimum absolute atomic E-state index is 0.307. The molecule has 1 rings (SSSR count). The van der Waals surface area contributed by atoms with Crippen LogP contribution in [0.15, 0.2) is 70.9 Å². The maximum atomic E-state index is 12.2. The van der Waals surface area contributed by atoms with Gasteiger partial charge >= 0.3 is 0 Å². The van der Waals surface area contributed by atoms with Crippen molar-refractivity contribution in [1.29, 1.82) is 0 Å². The molecule has 1 heterocycles. The topological polar surface area (TPSA) is 46.2 Å². The second-order valence-electron chi connectivity index (χ2n) is 3.90. The van der Waals surface area contributed by atoms with E-state index in [-0.39, 0.29) is 0 Å². The van der Waals surface area contributed by atoms with E-state index in [1.54, 1.807) is 31.2 Å². The van der Waals surface area contributed by atoms with Crippen molar-refractivity contribution in [2.24, 2.45) is 0 Å². The quantitative estimate of drug-likeness (QED) is 0.804. The summed E-state index contributed by atoms with van der Waals surface area (Å²) in [6.45, 7) is 9.00. The lowest BCUT2D eigenvalue weighted by molar-refractivity contribution is 0.595. The zero-order chi connectivity index (χ0) is 14.5. The molecule has 0 aromatic carbocycles. The number of rotatable bonds is 3. The summed E-state index contributed by atoms with van der Waals surface area (Å²) in [7, 11) is -3.49. The average Bonchev–Trinajstić information content (AvgIpc) is 2.37. The number of hydrogen-bond acceptors (Lipinski definition) is 2. The van der Waals surface area contributed by atoms with Crippen molar-refractivity contribution in [3.8, 4) is 0 Å². The fourth-order valence-electron chi connectivity index (χ4n) is 1.81. The lowest BCUT2D eigenvalue weighted by Crippen LogP contribution is -2.29. The molecule has 1 N–H and O–H groups in total. The molecule has 1 aliphatic rings. The highest BCUT2D eigenvalue weighted by Gasteiger charge is 2.26. The molecule has 3 nitrogen and oxygen atoms in total. The molecule has 0 aliphatic carbocycles. The molecule has 4 heteroatoms. The Bertz CT molecular complexity index is 615. The van der Waals surface area contributed by atoms with Gasteiger partial charge in [-0.25, -0.2) is 8.42 Å². The summed E-state index contributed by atoms with van der Waals surface area (Å²) in [4.78, 5) is 0.307. The Morgan fingerprint density at radius 2 is 1.95 bits per heavy atom. The van der Waals surface area contributed by atoms with Crippen LogP contribution in [0.2, 0.25) is 0 Å². The molecule has 0 atom stereocenters. The van der Waals surface area contributed by atoms with Crippen LogP contribution in [0.1, 0.15) is 20.8 Å². The van der Waals surface area contributed by atoms with Crippen molar-refractivity contribution < 1.29 is 8.42 Å². The van der Waals surface area contributed by atoms with Gasteiger partial charge in [-0.1, -0.05) is 43.0 Å². The molecule has 1 aliphatic heterocycles. The number of sulfonamides is 1. The minimum atomic E-state index is -3.49. The van der Waals surface area contributed by atoms with Crippen LogP contribution in [0.25, 0.3) is 0 Å². The first kappa shape index (κ1) is 15.2. The van der Waals surface area contributed by atoms with Crippen LogP contribution in [0.5, 0.6) is 0 Å². The van der Waals surface area contributed by atoms with Crippen molar-refractivity contribution in [1.82, 2.24) is 4.72 Å². The highest BCUT2D eigenvalue weighted by atomic mass is 32.2. The molecular weight excluding hydrogens is 258 g/mol. The summed E-state index contributed by atoms with van der Waals surface area (Å²) in [5.74, 6) is 0. The molecule has 0 saturated carbocycles. The van der Waals surface area contributed by atoms with Crippen molar-refractivity contribution in [2.75, 3.05) is 0 Å². The molecule has 0 radical (unpaired) electrons. The Morgan fingerprint density at radius 1 is 1.26 bits per heavy atom. The first-order chi connectivity index (χ1) is 9.00. The van der Waals surface area contributed by atoms with E-state index in [1.165, 1.54) is 0 Å². The zero-order valence-electron chi connectivity index (χ0n) is 11.5. The van der Waals surface area contributed by atoms with Gasteiger partial charge in [0, 0.05) is 0 Å². The number of allylic oxidation sites excluding steroid dienone is 8. The molecule has 0 aromatic heterocycles. The van der Waals surface area contributed by atoms with Gasteiger partial charge < -0.3 is 0 Å². The first-order valence-corrected chi connectivity index (χ1v) is 7.51. The zero-order valence-corrected chi connectivity index (χ0v) is 12.3. The van der Waals surface area contributed by atoms with Gasteiger partial charge in [0.05, 0.1) is 10.6 Å². The number of nitrogens with one attached hydrogen (secondary N) is 1. The molecule has 0 bridgehead atoms. The van der Waals surface area contributed by atoms with E-state index in [0.29, 0.717) is 16.2 Å². The molecule has 0 saturated heterocycles. The predicted octanol–water partition coefficient (Wildman–Crippen LogP) is 3.34. The van der Waals surface area contributed by atoms with E-state index in [4.69, 9.17) is 0 Å². The first-order valence-electron chi connectivity index (χ1n) is 6.03. The molecular formula is C15H19NO2S. The van der Waals surface area contributed by atoms with Gasteiger partial charge in [0.2, 0.25) is 0 Å². The van der Waals surface area contributed by atoms with Crippen LogP contribution >= 0.6 is 0 Å². The Kier molecular flexibility index (Phi) is 5.12. The SMILES string of the molecule is C=C/C=C\C(=C/C)C1=CC(=C/C)/C(=C\C)S(=O)(=O)N1. The van der Waals surface area contributed by atoms with Crippen LogP contribution in [-0.2, 0) is 10.0 Å². The predicted molar refractivity (Wildman–Crippen MR) is 80.7 cm³/mol. The lowest BCUT2D eigenvalue weighted by atomic mass is 10.1. The lowest BCUT2D eigenvalue weighted by Gasteiger charge is -2.21. The van der Waals surface area contributed by atoms with Gasteiger partial charge in [-0.2, -0.15) is 0 Å². The van der Waals surface area contributed by atoms with Crippen molar-refractivity contribution in [3.63, 3.8) is 0 Å². The molecule has 102 valence electrons. The molecule has 19 heavy (non-hydrogen) atoms. The van der Waals surface area contributed by atoms with Gasteiger partial charge in [0.25, 0.3) is 10.0 Å². The van der Waals surface area contributed by atoms with Crippen molar-refractivity contribution in [2.45, 2.75) is 20.8 Å². The van der Waals surface area contributed by atoms with Crippen molar-refractivity contribution in [3.05, 3.63) is 70.9 Å². The summed E-state index contributed by atoms with van der Waals surface area (Å²) in [6.07, 6.45) is 12.3. The van der Waals surface area contributed by atoms with E-state index in [0.717, 1.165) is 5.57 Å². The summed E-state index contributed by atoms with van der Waals surface area (Å²) in [6, 6.07) is 0. The van der Waals surface area contributed by atoms with Crippen LogP contribution in [0, 0.1) is 0 Å². The summed E-state index contributed by atoms with van der Waals surface area (Å²) in [5, 5.41) is 0. The van der Waals surface area contributed by atoms with Gasteiger partial charge in [-0.3, -0.25) is 4.72 Å². The normalized spacial score (nSPS) is 23.5. The third kappa shape index (κ3) is 3.35. The second-order valence-corrected chi connectivity index (χ2v) is 5.55. The highest BCUT2D eigenvalue weighted by Crippen LogP contribution is 2.27. The summed E-state index contributed by atoms with van der Waals surface area (Å²) < 4.78 is 26.9. The van der Waals surface area contributed by atoms with Crippen LogP contribution in [0.3, 0.4) is 0 Å². The number of hydrogen-bond donors (Lipinski definition) is 1. The molecule has 0 unspecified atom stereocenters. The highest BCUT2D eigenvalue weighted by molar-refractivity contribution is 7.93. The molecule has 0 aromatic rings. The molecule has 0 amide bonds. The van der Waals surface area contributed by atoms with Crippen LogP contribution < -0.4 is 4.72 Å². The average molecular weight is 277 g/mol. The largest absolute Gasteiger partial charge is 0.279 e. The van der Waals surface area contributed by atoms with E-state index in [9.17, 15) is 8.42 Å². The fraction of sp³-hybridized carbons (Fsp3) is 0.200.